The van der Waals surface area contributed by atoms with E-state index in [2.05, 4.69) is 182 Å². The number of aromatic nitrogens is 2. The normalized spacial score (nSPS) is 13.3. The second kappa shape index (κ2) is 12.5. The molecule has 0 bridgehead atoms. The van der Waals surface area contributed by atoms with Crippen LogP contribution >= 0.6 is 0 Å². The van der Waals surface area contributed by atoms with Crippen LogP contribution in [-0.4, -0.2) is 9.97 Å². The third-order valence-electron chi connectivity index (χ3n) is 10.3. The molecule has 8 aromatic rings. The third kappa shape index (κ3) is 5.85. The van der Waals surface area contributed by atoms with Crippen LogP contribution in [0.25, 0.3) is 79.5 Å². The van der Waals surface area contributed by atoms with Gasteiger partial charge < -0.3 is 0 Å². The fourth-order valence-corrected chi connectivity index (χ4v) is 7.38. The maximum atomic E-state index is 4.69. The first kappa shape index (κ1) is 30.7. The Labute approximate surface area is 299 Å². The molecule has 1 aliphatic carbocycles. The molecule has 2 aromatic heterocycles. The number of benzene rings is 6. The Balaban J connectivity index is 0.906. The largest absolute Gasteiger partial charge is 0.256 e. The van der Waals surface area contributed by atoms with Crippen LogP contribution in [0.2, 0.25) is 0 Å². The molecule has 1 aliphatic rings. The number of nitrogens with zero attached hydrogens (tertiary/aromatic N) is 2. The highest BCUT2D eigenvalue weighted by Gasteiger charge is 2.35. The van der Waals surface area contributed by atoms with Crippen molar-refractivity contribution in [1.29, 1.82) is 0 Å². The summed E-state index contributed by atoms with van der Waals surface area (Å²) in [5.74, 6) is 0. The van der Waals surface area contributed by atoms with E-state index in [0.29, 0.717) is 0 Å². The molecule has 0 radical (unpaired) electrons. The van der Waals surface area contributed by atoms with Gasteiger partial charge in [-0.3, -0.25) is 9.97 Å². The van der Waals surface area contributed by atoms with Crippen molar-refractivity contribution < 1.29 is 0 Å². The molecule has 242 valence electrons. The summed E-state index contributed by atoms with van der Waals surface area (Å²) in [4.78, 5) is 9.38. The maximum absolute atomic E-state index is 4.69. The standard InChI is InChI=1S/C49H36N2/c1-49(2)45-27-35(13-11-33-15-21-37(22-16-33)47-29-39-7-3-5-9-41(39)31-50-47)19-25-43(45)44-26-20-36(28-46(44)49)14-12-34-17-23-38(24-18-34)48-30-40-8-4-6-10-42(40)32-51-48/h3-32H,1-2H3/b13-11+,14-12+. The summed E-state index contributed by atoms with van der Waals surface area (Å²) < 4.78 is 0. The van der Waals surface area contributed by atoms with Crippen molar-refractivity contribution in [3.63, 3.8) is 0 Å². The van der Waals surface area contributed by atoms with E-state index < -0.39 is 0 Å². The van der Waals surface area contributed by atoms with Gasteiger partial charge >= 0.3 is 0 Å². The van der Waals surface area contributed by atoms with Crippen LogP contribution in [0.4, 0.5) is 0 Å². The van der Waals surface area contributed by atoms with Crippen molar-refractivity contribution >= 4 is 45.8 Å². The fourth-order valence-electron chi connectivity index (χ4n) is 7.38. The number of rotatable bonds is 6. The molecule has 2 heterocycles. The molecule has 0 amide bonds. The molecule has 0 unspecified atom stereocenters. The smallest absolute Gasteiger partial charge is 0.0708 e. The average Bonchev–Trinajstić information content (AvgIpc) is 3.41. The molecule has 0 saturated carbocycles. The molecule has 9 rings (SSSR count). The molecule has 2 heteroatoms. The number of hydrogen-bond donors (Lipinski definition) is 0. The van der Waals surface area contributed by atoms with Gasteiger partial charge in [0.05, 0.1) is 11.4 Å². The number of fused-ring (bicyclic) bond motifs is 5. The topological polar surface area (TPSA) is 25.8 Å². The fraction of sp³-hybridized carbons (Fsp3) is 0.0612. The van der Waals surface area contributed by atoms with Crippen LogP contribution in [0.3, 0.4) is 0 Å². The summed E-state index contributed by atoms with van der Waals surface area (Å²) >= 11 is 0. The summed E-state index contributed by atoms with van der Waals surface area (Å²) in [6.07, 6.45) is 12.7. The molecule has 0 fully saturated rings. The average molecular weight is 653 g/mol. The van der Waals surface area contributed by atoms with Crippen molar-refractivity contribution in [2.75, 3.05) is 0 Å². The predicted octanol–water partition coefficient (Wildman–Crippen LogP) is 12.8. The number of pyridine rings is 2. The summed E-state index contributed by atoms with van der Waals surface area (Å²) in [5.41, 5.74) is 14.3. The lowest BCUT2D eigenvalue weighted by molar-refractivity contribution is 0.660. The van der Waals surface area contributed by atoms with Gasteiger partial charge in [0, 0.05) is 39.7 Å². The van der Waals surface area contributed by atoms with E-state index in [-0.39, 0.29) is 5.41 Å². The lowest BCUT2D eigenvalue weighted by atomic mass is 9.81. The summed E-state index contributed by atoms with van der Waals surface area (Å²) in [7, 11) is 0. The molecule has 0 atom stereocenters. The summed E-state index contributed by atoms with van der Waals surface area (Å²) in [6.45, 7) is 4.69. The SMILES string of the molecule is CC1(C)c2cc(/C=C/c3ccc(-c4cc5ccccc5cn4)cc3)ccc2-c2ccc(/C=C/c3ccc(-c4cc5ccccc5cn4)cc3)cc21. The molecular weight excluding hydrogens is 617 g/mol. The first-order valence-electron chi connectivity index (χ1n) is 17.5. The third-order valence-corrected chi connectivity index (χ3v) is 10.3. The van der Waals surface area contributed by atoms with Gasteiger partial charge in [-0.2, -0.15) is 0 Å². The first-order chi connectivity index (χ1) is 25.0. The second-order valence-electron chi connectivity index (χ2n) is 14.0. The molecule has 0 aliphatic heterocycles. The van der Waals surface area contributed by atoms with Crippen molar-refractivity contribution in [2.24, 2.45) is 0 Å². The summed E-state index contributed by atoms with van der Waals surface area (Å²) in [6, 6.07) is 52.1. The lowest BCUT2D eigenvalue weighted by Crippen LogP contribution is -2.15. The highest BCUT2D eigenvalue weighted by molar-refractivity contribution is 5.87. The van der Waals surface area contributed by atoms with Crippen LogP contribution in [0.5, 0.6) is 0 Å². The molecule has 51 heavy (non-hydrogen) atoms. The monoisotopic (exact) mass is 652 g/mol. The Hall–Kier alpha value is -6.38. The maximum Gasteiger partial charge on any atom is 0.0708 e. The first-order valence-corrected chi connectivity index (χ1v) is 17.5. The van der Waals surface area contributed by atoms with E-state index in [9.17, 15) is 0 Å². The Kier molecular flexibility index (Phi) is 7.51. The number of hydrogen-bond acceptors (Lipinski definition) is 2. The van der Waals surface area contributed by atoms with Crippen molar-refractivity contribution in [1.82, 2.24) is 9.97 Å². The van der Waals surface area contributed by atoms with Crippen LogP contribution < -0.4 is 0 Å². The van der Waals surface area contributed by atoms with Gasteiger partial charge in [-0.1, -0.05) is 172 Å². The van der Waals surface area contributed by atoms with Gasteiger partial charge in [0.25, 0.3) is 0 Å². The highest BCUT2D eigenvalue weighted by Crippen LogP contribution is 2.49. The Morgan fingerprint density at radius 3 is 1.20 bits per heavy atom. The van der Waals surface area contributed by atoms with Crippen LogP contribution in [0.15, 0.2) is 158 Å². The zero-order chi connectivity index (χ0) is 34.4. The van der Waals surface area contributed by atoms with E-state index in [1.807, 2.05) is 24.5 Å². The van der Waals surface area contributed by atoms with Gasteiger partial charge in [-0.25, -0.2) is 0 Å². The molecule has 0 N–H and O–H groups in total. The van der Waals surface area contributed by atoms with E-state index >= 15 is 0 Å². The molecule has 2 nitrogen and oxygen atoms in total. The van der Waals surface area contributed by atoms with Crippen molar-refractivity contribution in [3.8, 4) is 33.6 Å². The minimum atomic E-state index is -0.0959. The minimum Gasteiger partial charge on any atom is -0.256 e. The highest BCUT2D eigenvalue weighted by atomic mass is 14.7. The van der Waals surface area contributed by atoms with Gasteiger partial charge in [0.15, 0.2) is 0 Å². The Morgan fingerprint density at radius 1 is 0.392 bits per heavy atom. The minimum absolute atomic E-state index is 0.0959. The van der Waals surface area contributed by atoms with Gasteiger partial charge in [-0.05, 0) is 67.4 Å². The van der Waals surface area contributed by atoms with Crippen LogP contribution in [0, 0.1) is 0 Å². The molecule has 0 saturated heterocycles. The Bertz CT molecular complexity index is 2460. The van der Waals surface area contributed by atoms with E-state index in [0.717, 1.165) is 33.3 Å². The van der Waals surface area contributed by atoms with Crippen molar-refractivity contribution in [3.05, 3.63) is 191 Å². The molecule has 6 aromatic carbocycles. The molecular formula is C49H36N2. The summed E-state index contributed by atoms with van der Waals surface area (Å²) in [5, 5.41) is 4.73. The van der Waals surface area contributed by atoms with Crippen molar-refractivity contribution in [2.45, 2.75) is 19.3 Å². The van der Waals surface area contributed by atoms with E-state index in [1.54, 1.807) is 0 Å². The van der Waals surface area contributed by atoms with Crippen LogP contribution in [0.1, 0.15) is 47.2 Å². The lowest BCUT2D eigenvalue weighted by Gasteiger charge is -2.22. The Morgan fingerprint density at radius 2 is 0.765 bits per heavy atom. The van der Waals surface area contributed by atoms with Gasteiger partial charge in [0.1, 0.15) is 0 Å². The van der Waals surface area contributed by atoms with Crippen LogP contribution in [-0.2, 0) is 5.41 Å². The second-order valence-corrected chi connectivity index (χ2v) is 14.0. The quantitative estimate of drug-likeness (QED) is 0.167. The predicted molar refractivity (Wildman–Crippen MR) is 216 cm³/mol. The van der Waals surface area contributed by atoms with Gasteiger partial charge in [0.2, 0.25) is 0 Å². The molecule has 0 spiro atoms. The van der Waals surface area contributed by atoms with E-state index in [1.165, 1.54) is 55.3 Å². The van der Waals surface area contributed by atoms with Gasteiger partial charge in [-0.15, -0.1) is 0 Å². The zero-order valence-corrected chi connectivity index (χ0v) is 28.7. The zero-order valence-electron chi connectivity index (χ0n) is 28.7. The van der Waals surface area contributed by atoms with E-state index in [4.69, 9.17) is 0 Å².